The molecule has 4 aromatic rings. The van der Waals surface area contributed by atoms with Crippen molar-refractivity contribution in [2.24, 2.45) is 0 Å². The Morgan fingerprint density at radius 1 is 0.886 bits per heavy atom. The number of benzene rings is 3. The molecule has 0 unspecified atom stereocenters. The zero-order chi connectivity index (χ0) is 24.0. The molecular weight excluding hydrogens is 478 g/mol. The van der Waals surface area contributed by atoms with Crippen LogP contribution in [0.1, 0.15) is 5.56 Å². The van der Waals surface area contributed by atoms with Gasteiger partial charge in [-0.2, -0.15) is 0 Å². The monoisotopic (exact) mass is 503 g/mol. The Hall–Kier alpha value is -3.29. The van der Waals surface area contributed by atoms with E-state index in [0.29, 0.717) is 22.5 Å². The summed E-state index contributed by atoms with van der Waals surface area (Å²) in [6, 6.07) is 26.0. The third kappa shape index (κ3) is 5.86. The number of nitrogens with zero attached hydrogens (tertiary/aromatic N) is 4. The van der Waals surface area contributed by atoms with Crippen LogP contribution in [0.25, 0.3) is 10.9 Å². The highest BCUT2D eigenvalue weighted by molar-refractivity contribution is 7.99. The third-order valence-corrected chi connectivity index (χ3v) is 7.12. The maximum Gasteiger partial charge on any atom is 0.233 e. The van der Waals surface area contributed by atoms with Gasteiger partial charge in [0.2, 0.25) is 5.91 Å². The van der Waals surface area contributed by atoms with Crippen LogP contribution in [0, 0.1) is 0 Å². The standard InChI is InChI=1S/C27H26ClN5OS/c28-21-12-10-20(11-13-21)18-29-26-23-8-4-5-9-24(23)30-27(31-26)35-19-25(34)33-16-14-32(15-17-33)22-6-2-1-3-7-22/h1-13H,14-19H2,(H,29,30,31). The van der Waals surface area contributed by atoms with Crippen molar-refractivity contribution in [1.29, 1.82) is 0 Å². The molecule has 0 spiro atoms. The Balaban J connectivity index is 1.22. The summed E-state index contributed by atoms with van der Waals surface area (Å²) in [5, 5.41) is 5.69. The number of halogens is 1. The topological polar surface area (TPSA) is 61.4 Å². The molecule has 8 heteroatoms. The van der Waals surface area contributed by atoms with Crippen LogP contribution in [0.2, 0.25) is 5.02 Å². The number of rotatable bonds is 7. The minimum Gasteiger partial charge on any atom is -0.368 e. The van der Waals surface area contributed by atoms with E-state index in [9.17, 15) is 4.79 Å². The predicted molar refractivity (Wildman–Crippen MR) is 144 cm³/mol. The number of hydrogen-bond acceptors (Lipinski definition) is 6. The van der Waals surface area contributed by atoms with E-state index >= 15 is 0 Å². The molecule has 0 aliphatic carbocycles. The SMILES string of the molecule is O=C(CSc1nc(NCc2ccc(Cl)cc2)c2ccccc2n1)N1CCN(c2ccccc2)CC1. The van der Waals surface area contributed by atoms with Gasteiger partial charge in [0.25, 0.3) is 0 Å². The fraction of sp³-hybridized carbons (Fsp3) is 0.222. The van der Waals surface area contributed by atoms with Gasteiger partial charge in [-0.3, -0.25) is 4.79 Å². The maximum absolute atomic E-state index is 12.9. The predicted octanol–water partition coefficient (Wildman–Crippen LogP) is 5.34. The molecule has 1 fully saturated rings. The summed E-state index contributed by atoms with van der Waals surface area (Å²) in [4.78, 5) is 26.6. The number of nitrogens with one attached hydrogen (secondary N) is 1. The van der Waals surface area contributed by atoms with E-state index in [1.54, 1.807) is 0 Å². The van der Waals surface area contributed by atoms with E-state index in [1.165, 1.54) is 17.4 Å². The summed E-state index contributed by atoms with van der Waals surface area (Å²) >= 11 is 7.39. The molecular formula is C27H26ClN5OS. The van der Waals surface area contributed by atoms with Gasteiger partial charge in [-0.25, -0.2) is 9.97 Å². The molecule has 5 rings (SSSR count). The largest absolute Gasteiger partial charge is 0.368 e. The van der Waals surface area contributed by atoms with E-state index < -0.39 is 0 Å². The first-order valence-electron chi connectivity index (χ1n) is 11.6. The highest BCUT2D eigenvalue weighted by Gasteiger charge is 2.21. The summed E-state index contributed by atoms with van der Waals surface area (Å²) in [6.45, 7) is 3.74. The lowest BCUT2D eigenvalue weighted by atomic mass is 10.2. The van der Waals surface area contributed by atoms with Crippen molar-refractivity contribution in [3.63, 3.8) is 0 Å². The van der Waals surface area contributed by atoms with Crippen molar-refractivity contribution in [2.75, 3.05) is 42.1 Å². The first kappa shape index (κ1) is 23.5. The number of carbonyl (C=O) groups excluding carboxylic acids is 1. The van der Waals surface area contributed by atoms with Gasteiger partial charge in [0, 0.05) is 48.8 Å². The average Bonchev–Trinajstić information content (AvgIpc) is 2.92. The Morgan fingerprint density at radius 3 is 2.37 bits per heavy atom. The number of carbonyl (C=O) groups is 1. The number of anilines is 2. The fourth-order valence-electron chi connectivity index (χ4n) is 4.11. The molecule has 1 aromatic heterocycles. The normalized spacial score (nSPS) is 13.7. The summed E-state index contributed by atoms with van der Waals surface area (Å²) < 4.78 is 0. The summed E-state index contributed by atoms with van der Waals surface area (Å²) in [7, 11) is 0. The second-order valence-corrected chi connectivity index (χ2v) is 9.72. The lowest BCUT2D eigenvalue weighted by Gasteiger charge is -2.36. The number of hydrogen-bond donors (Lipinski definition) is 1. The Kier molecular flexibility index (Phi) is 7.35. The Labute approximate surface area is 214 Å². The van der Waals surface area contributed by atoms with Crippen molar-refractivity contribution in [3.8, 4) is 0 Å². The summed E-state index contributed by atoms with van der Waals surface area (Å²) in [5.74, 6) is 1.20. The van der Waals surface area contributed by atoms with Crippen LogP contribution in [-0.2, 0) is 11.3 Å². The van der Waals surface area contributed by atoms with Crippen LogP contribution in [0.3, 0.4) is 0 Å². The van der Waals surface area contributed by atoms with Gasteiger partial charge in [0.15, 0.2) is 5.16 Å². The molecule has 1 N–H and O–H groups in total. The number of aromatic nitrogens is 2. The van der Waals surface area contributed by atoms with Crippen molar-refractivity contribution >= 4 is 51.7 Å². The number of para-hydroxylation sites is 2. The number of amides is 1. The Bertz CT molecular complexity index is 1290. The molecule has 0 bridgehead atoms. The van der Waals surface area contributed by atoms with Gasteiger partial charge in [-0.05, 0) is 42.0 Å². The van der Waals surface area contributed by atoms with Crippen LogP contribution < -0.4 is 10.2 Å². The van der Waals surface area contributed by atoms with E-state index in [-0.39, 0.29) is 5.91 Å². The zero-order valence-electron chi connectivity index (χ0n) is 19.2. The summed E-state index contributed by atoms with van der Waals surface area (Å²) in [5.41, 5.74) is 3.17. The lowest BCUT2D eigenvalue weighted by molar-refractivity contribution is -0.128. The maximum atomic E-state index is 12.9. The minimum atomic E-state index is 0.121. The van der Waals surface area contributed by atoms with E-state index in [0.717, 1.165) is 48.5 Å². The summed E-state index contributed by atoms with van der Waals surface area (Å²) in [6.07, 6.45) is 0. The second kappa shape index (κ2) is 11.0. The molecule has 1 amide bonds. The molecule has 0 radical (unpaired) electrons. The molecule has 178 valence electrons. The van der Waals surface area contributed by atoms with Gasteiger partial charge in [0.05, 0.1) is 11.3 Å². The molecule has 1 saturated heterocycles. The number of piperazine rings is 1. The Morgan fingerprint density at radius 2 is 1.60 bits per heavy atom. The molecule has 1 aliphatic rings. The van der Waals surface area contributed by atoms with Crippen LogP contribution in [-0.4, -0.2) is 52.7 Å². The quantitative estimate of drug-likeness (QED) is 0.271. The molecule has 2 heterocycles. The van der Waals surface area contributed by atoms with E-state index in [4.69, 9.17) is 16.6 Å². The molecule has 3 aromatic carbocycles. The van der Waals surface area contributed by atoms with Crippen molar-refractivity contribution in [1.82, 2.24) is 14.9 Å². The molecule has 35 heavy (non-hydrogen) atoms. The van der Waals surface area contributed by atoms with Crippen molar-refractivity contribution < 1.29 is 4.79 Å². The van der Waals surface area contributed by atoms with Gasteiger partial charge in [-0.15, -0.1) is 0 Å². The van der Waals surface area contributed by atoms with E-state index in [1.807, 2.05) is 71.6 Å². The molecule has 0 saturated carbocycles. The lowest BCUT2D eigenvalue weighted by Crippen LogP contribution is -2.49. The van der Waals surface area contributed by atoms with Gasteiger partial charge < -0.3 is 15.1 Å². The second-order valence-electron chi connectivity index (χ2n) is 8.34. The smallest absolute Gasteiger partial charge is 0.233 e. The van der Waals surface area contributed by atoms with E-state index in [2.05, 4.69) is 27.3 Å². The number of thioether (sulfide) groups is 1. The van der Waals surface area contributed by atoms with Crippen molar-refractivity contribution in [2.45, 2.75) is 11.7 Å². The zero-order valence-corrected chi connectivity index (χ0v) is 20.8. The fourth-order valence-corrected chi connectivity index (χ4v) is 4.99. The molecule has 0 atom stereocenters. The van der Waals surface area contributed by atoms with Crippen LogP contribution in [0.15, 0.2) is 84.0 Å². The van der Waals surface area contributed by atoms with Gasteiger partial charge in [-0.1, -0.05) is 65.8 Å². The highest BCUT2D eigenvalue weighted by atomic mass is 35.5. The van der Waals surface area contributed by atoms with Crippen molar-refractivity contribution in [3.05, 3.63) is 89.4 Å². The minimum absolute atomic E-state index is 0.121. The number of fused-ring (bicyclic) bond motifs is 1. The van der Waals surface area contributed by atoms with Gasteiger partial charge in [0.1, 0.15) is 5.82 Å². The molecule has 6 nitrogen and oxygen atoms in total. The average molecular weight is 504 g/mol. The molecule has 1 aliphatic heterocycles. The third-order valence-electron chi connectivity index (χ3n) is 6.03. The van der Waals surface area contributed by atoms with Gasteiger partial charge >= 0.3 is 0 Å². The van der Waals surface area contributed by atoms with Crippen LogP contribution >= 0.6 is 23.4 Å². The first-order valence-corrected chi connectivity index (χ1v) is 13.0. The van der Waals surface area contributed by atoms with Crippen LogP contribution in [0.4, 0.5) is 11.5 Å². The van der Waals surface area contributed by atoms with Crippen LogP contribution in [0.5, 0.6) is 0 Å². The highest BCUT2D eigenvalue weighted by Crippen LogP contribution is 2.25. The first-order chi connectivity index (χ1) is 17.2.